The van der Waals surface area contributed by atoms with Crippen LogP contribution in [0.3, 0.4) is 0 Å². The predicted molar refractivity (Wildman–Crippen MR) is 62.4 cm³/mol. The molecule has 0 radical (unpaired) electrons. The first kappa shape index (κ1) is 12.5. The number of hydrogen-bond acceptors (Lipinski definition) is 6. The minimum atomic E-state index is 0.443. The smallest absolute Gasteiger partial charge is 0.240 e. The summed E-state index contributed by atoms with van der Waals surface area (Å²) in [5.41, 5.74) is 0. The van der Waals surface area contributed by atoms with Crippen molar-refractivity contribution in [2.45, 2.75) is 26.5 Å². The zero-order valence-corrected chi connectivity index (χ0v) is 10.3. The number of piperazine rings is 1. The number of nitrogens with zero attached hydrogens (tertiary/aromatic N) is 3. The molecule has 0 atom stereocenters. The lowest BCUT2D eigenvalue weighted by molar-refractivity contribution is 0.114. The van der Waals surface area contributed by atoms with Crippen molar-refractivity contribution in [1.29, 1.82) is 0 Å². The standard InChI is InChI=1S/C11H20N4O2/c1-2-7-16-9-10-13-11(17-14-10)8-15-5-3-12-4-6-15/h12H,2-9H2,1H3. The Morgan fingerprint density at radius 2 is 2.24 bits per heavy atom. The van der Waals surface area contributed by atoms with Crippen LogP contribution >= 0.6 is 0 Å². The van der Waals surface area contributed by atoms with E-state index in [9.17, 15) is 0 Å². The van der Waals surface area contributed by atoms with E-state index in [1.165, 1.54) is 0 Å². The Kier molecular flexibility index (Phi) is 4.90. The number of aromatic nitrogens is 2. The second kappa shape index (κ2) is 6.68. The molecule has 0 aliphatic carbocycles. The lowest BCUT2D eigenvalue weighted by atomic mass is 10.3. The van der Waals surface area contributed by atoms with Crippen LogP contribution in [0, 0.1) is 0 Å². The summed E-state index contributed by atoms with van der Waals surface area (Å²) < 4.78 is 10.6. The number of rotatable bonds is 6. The Morgan fingerprint density at radius 3 is 3.00 bits per heavy atom. The van der Waals surface area contributed by atoms with Gasteiger partial charge in [-0.25, -0.2) is 0 Å². The fourth-order valence-corrected chi connectivity index (χ4v) is 1.78. The fraction of sp³-hybridized carbons (Fsp3) is 0.818. The molecular weight excluding hydrogens is 220 g/mol. The van der Waals surface area contributed by atoms with Crippen LogP contribution in [0.5, 0.6) is 0 Å². The molecule has 0 aromatic carbocycles. The van der Waals surface area contributed by atoms with E-state index in [1.807, 2.05) is 0 Å². The molecule has 0 saturated carbocycles. The van der Waals surface area contributed by atoms with Crippen LogP contribution in [0.25, 0.3) is 0 Å². The Bertz CT molecular complexity index is 323. The van der Waals surface area contributed by atoms with Crippen LogP contribution < -0.4 is 5.32 Å². The van der Waals surface area contributed by atoms with E-state index in [1.54, 1.807) is 0 Å². The molecule has 96 valence electrons. The highest BCUT2D eigenvalue weighted by atomic mass is 16.5. The molecule has 1 N–H and O–H groups in total. The van der Waals surface area contributed by atoms with Crippen LogP contribution in [-0.2, 0) is 17.9 Å². The van der Waals surface area contributed by atoms with Gasteiger partial charge in [0, 0.05) is 32.8 Å². The third-order valence-electron chi connectivity index (χ3n) is 2.66. The predicted octanol–water partition coefficient (Wildman–Crippen LogP) is 0.401. The Balaban J connectivity index is 1.76. The summed E-state index contributed by atoms with van der Waals surface area (Å²) in [5, 5.41) is 7.21. The zero-order valence-electron chi connectivity index (χ0n) is 10.3. The van der Waals surface area contributed by atoms with Gasteiger partial charge >= 0.3 is 0 Å². The lowest BCUT2D eigenvalue weighted by Gasteiger charge is -2.25. The SMILES string of the molecule is CCCOCc1noc(CN2CCNCC2)n1. The van der Waals surface area contributed by atoms with Crippen LogP contribution in [0.15, 0.2) is 4.52 Å². The highest BCUT2D eigenvalue weighted by Crippen LogP contribution is 2.04. The average molecular weight is 240 g/mol. The summed E-state index contributed by atoms with van der Waals surface area (Å²) in [6.45, 7) is 8.12. The topological polar surface area (TPSA) is 63.4 Å². The third-order valence-corrected chi connectivity index (χ3v) is 2.66. The van der Waals surface area contributed by atoms with E-state index in [4.69, 9.17) is 9.26 Å². The summed E-state index contributed by atoms with van der Waals surface area (Å²) in [4.78, 5) is 6.62. The van der Waals surface area contributed by atoms with Crippen LogP contribution in [-0.4, -0.2) is 47.8 Å². The van der Waals surface area contributed by atoms with Crippen molar-refractivity contribution in [1.82, 2.24) is 20.4 Å². The molecule has 0 amide bonds. The van der Waals surface area contributed by atoms with Gasteiger partial charge < -0.3 is 14.6 Å². The monoisotopic (exact) mass is 240 g/mol. The second-order valence-corrected chi connectivity index (χ2v) is 4.18. The van der Waals surface area contributed by atoms with Crippen molar-refractivity contribution in [2.24, 2.45) is 0 Å². The van der Waals surface area contributed by atoms with Gasteiger partial charge in [0.05, 0.1) is 6.54 Å². The highest BCUT2D eigenvalue weighted by Gasteiger charge is 2.14. The van der Waals surface area contributed by atoms with Crippen LogP contribution in [0.2, 0.25) is 0 Å². The molecule has 0 spiro atoms. The molecule has 1 fully saturated rings. The molecule has 6 heteroatoms. The van der Waals surface area contributed by atoms with Crippen LogP contribution in [0.1, 0.15) is 25.1 Å². The van der Waals surface area contributed by atoms with Crippen molar-refractivity contribution in [2.75, 3.05) is 32.8 Å². The summed E-state index contributed by atoms with van der Waals surface area (Å²) >= 11 is 0. The molecule has 17 heavy (non-hydrogen) atoms. The first-order chi connectivity index (χ1) is 8.38. The Hall–Kier alpha value is -0.980. The molecule has 1 aliphatic rings. The van der Waals surface area contributed by atoms with Crippen molar-refractivity contribution in [3.05, 3.63) is 11.7 Å². The van der Waals surface area contributed by atoms with Crippen molar-refractivity contribution in [3.63, 3.8) is 0 Å². The van der Waals surface area contributed by atoms with Crippen LogP contribution in [0.4, 0.5) is 0 Å². The molecule has 1 saturated heterocycles. The van der Waals surface area contributed by atoms with E-state index >= 15 is 0 Å². The lowest BCUT2D eigenvalue weighted by Crippen LogP contribution is -2.42. The summed E-state index contributed by atoms with van der Waals surface area (Å²) in [6.07, 6.45) is 1.01. The number of nitrogens with one attached hydrogen (secondary N) is 1. The van der Waals surface area contributed by atoms with Gasteiger partial charge in [0.15, 0.2) is 5.82 Å². The summed E-state index contributed by atoms with van der Waals surface area (Å²) in [5.74, 6) is 1.32. The molecule has 6 nitrogen and oxygen atoms in total. The maximum atomic E-state index is 5.36. The van der Waals surface area contributed by atoms with Gasteiger partial charge in [0.25, 0.3) is 0 Å². The van der Waals surface area contributed by atoms with Crippen molar-refractivity contribution < 1.29 is 9.26 Å². The van der Waals surface area contributed by atoms with Gasteiger partial charge in [0.2, 0.25) is 5.89 Å². The quantitative estimate of drug-likeness (QED) is 0.726. The largest absolute Gasteiger partial charge is 0.373 e. The highest BCUT2D eigenvalue weighted by molar-refractivity contribution is 4.85. The van der Waals surface area contributed by atoms with Gasteiger partial charge in [-0.3, -0.25) is 4.90 Å². The number of hydrogen-bond donors (Lipinski definition) is 1. The molecule has 0 unspecified atom stereocenters. The van der Waals surface area contributed by atoms with Crippen molar-refractivity contribution in [3.8, 4) is 0 Å². The van der Waals surface area contributed by atoms with E-state index in [0.717, 1.165) is 45.8 Å². The third kappa shape index (κ3) is 4.07. The molecule has 0 bridgehead atoms. The van der Waals surface area contributed by atoms with E-state index in [0.29, 0.717) is 18.3 Å². The number of ether oxygens (including phenoxy) is 1. The van der Waals surface area contributed by atoms with Crippen molar-refractivity contribution >= 4 is 0 Å². The Labute approximate surface area is 101 Å². The van der Waals surface area contributed by atoms with E-state index in [-0.39, 0.29) is 0 Å². The van der Waals surface area contributed by atoms with E-state index in [2.05, 4.69) is 27.3 Å². The first-order valence-corrected chi connectivity index (χ1v) is 6.20. The first-order valence-electron chi connectivity index (χ1n) is 6.20. The van der Waals surface area contributed by atoms with Gasteiger partial charge in [-0.2, -0.15) is 4.98 Å². The second-order valence-electron chi connectivity index (χ2n) is 4.18. The maximum Gasteiger partial charge on any atom is 0.240 e. The van der Waals surface area contributed by atoms with Gasteiger partial charge in [0.1, 0.15) is 6.61 Å². The molecule has 1 aliphatic heterocycles. The molecular formula is C11H20N4O2. The minimum absolute atomic E-state index is 0.443. The average Bonchev–Trinajstić information content (AvgIpc) is 2.79. The molecule has 1 aromatic heterocycles. The molecule has 2 rings (SSSR count). The summed E-state index contributed by atoms with van der Waals surface area (Å²) in [6, 6.07) is 0. The fourth-order valence-electron chi connectivity index (χ4n) is 1.78. The van der Waals surface area contributed by atoms with Gasteiger partial charge in [-0.15, -0.1) is 0 Å². The normalized spacial score (nSPS) is 17.5. The zero-order chi connectivity index (χ0) is 11.9. The molecule has 1 aromatic rings. The van der Waals surface area contributed by atoms with Gasteiger partial charge in [-0.05, 0) is 6.42 Å². The minimum Gasteiger partial charge on any atom is -0.373 e. The molecule has 2 heterocycles. The Morgan fingerprint density at radius 1 is 1.41 bits per heavy atom. The summed E-state index contributed by atoms with van der Waals surface area (Å²) in [7, 11) is 0. The van der Waals surface area contributed by atoms with E-state index < -0.39 is 0 Å². The maximum absolute atomic E-state index is 5.36. The van der Waals surface area contributed by atoms with Gasteiger partial charge in [-0.1, -0.05) is 12.1 Å².